The van der Waals surface area contributed by atoms with Crippen molar-refractivity contribution in [2.75, 3.05) is 43.4 Å². The predicted molar refractivity (Wildman–Crippen MR) is 84.8 cm³/mol. The van der Waals surface area contributed by atoms with Gasteiger partial charge in [0.25, 0.3) is 0 Å². The van der Waals surface area contributed by atoms with E-state index in [0.717, 1.165) is 55.5 Å². The van der Waals surface area contributed by atoms with Crippen molar-refractivity contribution >= 4 is 17.5 Å². The molecule has 1 aromatic rings. The third-order valence-corrected chi connectivity index (χ3v) is 3.78. The molecule has 1 fully saturated rings. The van der Waals surface area contributed by atoms with E-state index in [1.54, 1.807) is 4.90 Å². The molecular formula is C15H25N5O. The lowest BCUT2D eigenvalue weighted by Gasteiger charge is -2.34. The quantitative estimate of drug-likeness (QED) is 0.889. The summed E-state index contributed by atoms with van der Waals surface area (Å²) in [5.41, 5.74) is 1.03. The van der Waals surface area contributed by atoms with E-state index >= 15 is 0 Å². The summed E-state index contributed by atoms with van der Waals surface area (Å²) in [5.74, 6) is 2.74. The summed E-state index contributed by atoms with van der Waals surface area (Å²) in [6, 6.07) is 0. The van der Waals surface area contributed by atoms with Gasteiger partial charge in [0.05, 0.1) is 6.54 Å². The smallest absolute Gasteiger partial charge is 0.241 e. The Morgan fingerprint density at radius 1 is 1.24 bits per heavy atom. The van der Waals surface area contributed by atoms with Crippen LogP contribution in [0.2, 0.25) is 0 Å². The lowest BCUT2D eigenvalue weighted by molar-refractivity contribution is -0.129. The van der Waals surface area contributed by atoms with Crippen LogP contribution < -0.4 is 10.2 Å². The number of anilines is 2. The molecule has 0 unspecified atom stereocenters. The average Bonchev–Trinajstić information content (AvgIpc) is 2.49. The zero-order chi connectivity index (χ0) is 15.4. The Balaban J connectivity index is 2.31. The molecule has 6 nitrogen and oxygen atoms in total. The van der Waals surface area contributed by atoms with Crippen LogP contribution in [0, 0.1) is 6.92 Å². The fourth-order valence-corrected chi connectivity index (χ4v) is 2.37. The molecule has 2 rings (SSSR count). The van der Waals surface area contributed by atoms with Gasteiger partial charge in [-0.05, 0) is 13.3 Å². The van der Waals surface area contributed by atoms with Gasteiger partial charge in [-0.25, -0.2) is 9.97 Å². The summed E-state index contributed by atoms with van der Waals surface area (Å²) in [5, 5.41) is 3.36. The molecule has 2 heterocycles. The second-order valence-corrected chi connectivity index (χ2v) is 5.45. The number of nitrogens with zero attached hydrogens (tertiary/aromatic N) is 4. The molecule has 1 N–H and O–H groups in total. The zero-order valence-corrected chi connectivity index (χ0v) is 13.4. The van der Waals surface area contributed by atoms with E-state index in [1.807, 2.05) is 20.9 Å². The van der Waals surface area contributed by atoms with E-state index in [-0.39, 0.29) is 5.91 Å². The topological polar surface area (TPSA) is 61.4 Å². The number of nitrogens with one attached hydrogen (secondary N) is 1. The molecule has 0 spiro atoms. The third kappa shape index (κ3) is 3.43. The van der Waals surface area contributed by atoms with E-state index in [4.69, 9.17) is 0 Å². The van der Waals surface area contributed by atoms with Crippen LogP contribution in [0.3, 0.4) is 0 Å². The molecule has 0 saturated carbocycles. The first-order chi connectivity index (χ1) is 10.1. The highest BCUT2D eigenvalue weighted by molar-refractivity contribution is 5.82. The Labute approximate surface area is 126 Å². The van der Waals surface area contributed by atoms with Gasteiger partial charge < -0.3 is 15.1 Å². The fraction of sp³-hybridized carbons (Fsp3) is 0.667. The minimum absolute atomic E-state index is 0.139. The van der Waals surface area contributed by atoms with Gasteiger partial charge in [-0.15, -0.1) is 0 Å². The highest BCUT2D eigenvalue weighted by Crippen LogP contribution is 2.25. The lowest BCUT2D eigenvalue weighted by atomic mass is 10.2. The number of aryl methyl sites for hydroxylation is 1. The lowest BCUT2D eigenvalue weighted by Crippen LogP contribution is -2.49. The van der Waals surface area contributed by atoms with Gasteiger partial charge in [0.15, 0.2) is 0 Å². The minimum Gasteiger partial charge on any atom is -0.370 e. The molecule has 0 radical (unpaired) electrons. The second kappa shape index (κ2) is 6.74. The van der Waals surface area contributed by atoms with Crippen LogP contribution in [0.5, 0.6) is 0 Å². The van der Waals surface area contributed by atoms with Crippen LogP contribution in [0.15, 0.2) is 0 Å². The molecule has 0 atom stereocenters. The molecule has 1 amide bonds. The number of aromatic nitrogens is 2. The van der Waals surface area contributed by atoms with Crippen molar-refractivity contribution in [3.8, 4) is 0 Å². The van der Waals surface area contributed by atoms with Crippen molar-refractivity contribution in [1.29, 1.82) is 0 Å². The third-order valence-electron chi connectivity index (χ3n) is 3.78. The molecule has 116 valence electrons. The first-order valence-electron chi connectivity index (χ1n) is 7.67. The van der Waals surface area contributed by atoms with Crippen molar-refractivity contribution in [2.45, 2.75) is 33.6 Å². The summed E-state index contributed by atoms with van der Waals surface area (Å²) < 4.78 is 0. The number of rotatable bonds is 5. The predicted octanol–water partition coefficient (Wildman–Crippen LogP) is 1.45. The van der Waals surface area contributed by atoms with Crippen molar-refractivity contribution < 1.29 is 4.79 Å². The van der Waals surface area contributed by atoms with Crippen molar-refractivity contribution in [3.63, 3.8) is 0 Å². The molecule has 0 aromatic carbocycles. The Hall–Kier alpha value is -1.85. The summed E-state index contributed by atoms with van der Waals surface area (Å²) in [6.45, 7) is 9.04. The SMILES string of the molecule is CCCNc1nc(CC)nc(N2CCN(C)C(=O)C2)c1C. The average molecular weight is 291 g/mol. The molecule has 21 heavy (non-hydrogen) atoms. The summed E-state index contributed by atoms with van der Waals surface area (Å²) in [4.78, 5) is 25.0. The van der Waals surface area contributed by atoms with Crippen molar-refractivity contribution in [2.24, 2.45) is 0 Å². The van der Waals surface area contributed by atoms with Crippen LogP contribution in [0.25, 0.3) is 0 Å². The van der Waals surface area contributed by atoms with Gasteiger partial charge in [-0.3, -0.25) is 4.79 Å². The molecule has 1 aliphatic heterocycles. The van der Waals surface area contributed by atoms with E-state index in [9.17, 15) is 4.79 Å². The number of amides is 1. The molecule has 1 aliphatic rings. The van der Waals surface area contributed by atoms with Crippen molar-refractivity contribution in [3.05, 3.63) is 11.4 Å². The van der Waals surface area contributed by atoms with Gasteiger partial charge in [-0.2, -0.15) is 0 Å². The minimum atomic E-state index is 0.139. The first-order valence-corrected chi connectivity index (χ1v) is 7.67. The van der Waals surface area contributed by atoms with Crippen LogP contribution in [0.1, 0.15) is 31.7 Å². The maximum absolute atomic E-state index is 11.9. The van der Waals surface area contributed by atoms with E-state index < -0.39 is 0 Å². The van der Waals surface area contributed by atoms with E-state index in [0.29, 0.717) is 6.54 Å². The van der Waals surface area contributed by atoms with Gasteiger partial charge in [0, 0.05) is 38.7 Å². The zero-order valence-electron chi connectivity index (χ0n) is 13.4. The molecular weight excluding hydrogens is 266 g/mol. The maximum Gasteiger partial charge on any atom is 0.241 e. The maximum atomic E-state index is 11.9. The molecule has 0 aliphatic carbocycles. The second-order valence-electron chi connectivity index (χ2n) is 5.45. The highest BCUT2D eigenvalue weighted by Gasteiger charge is 2.24. The Morgan fingerprint density at radius 3 is 2.62 bits per heavy atom. The number of hydrogen-bond donors (Lipinski definition) is 1. The largest absolute Gasteiger partial charge is 0.370 e. The van der Waals surface area contributed by atoms with Gasteiger partial charge in [0.1, 0.15) is 17.5 Å². The molecule has 1 aromatic heterocycles. The van der Waals surface area contributed by atoms with Gasteiger partial charge in [-0.1, -0.05) is 13.8 Å². The monoisotopic (exact) mass is 291 g/mol. The van der Waals surface area contributed by atoms with E-state index in [1.165, 1.54) is 0 Å². The van der Waals surface area contributed by atoms with E-state index in [2.05, 4.69) is 27.1 Å². The Morgan fingerprint density at radius 2 is 2.00 bits per heavy atom. The Bertz CT molecular complexity index is 517. The molecule has 6 heteroatoms. The first kappa shape index (κ1) is 15.5. The normalized spacial score (nSPS) is 15.5. The number of piperazine rings is 1. The molecule has 0 bridgehead atoms. The van der Waals surface area contributed by atoms with Crippen LogP contribution in [-0.4, -0.2) is 54.0 Å². The number of likely N-dealkylation sites (N-methyl/N-ethyl adjacent to an activating group) is 1. The summed E-state index contributed by atoms with van der Waals surface area (Å²) >= 11 is 0. The highest BCUT2D eigenvalue weighted by atomic mass is 16.2. The van der Waals surface area contributed by atoms with Gasteiger partial charge in [0.2, 0.25) is 5.91 Å². The fourth-order valence-electron chi connectivity index (χ4n) is 2.37. The number of carbonyl (C=O) groups is 1. The number of hydrogen-bond acceptors (Lipinski definition) is 5. The summed E-state index contributed by atoms with van der Waals surface area (Å²) in [6.07, 6.45) is 1.84. The Kier molecular flexibility index (Phi) is 4.98. The molecule has 1 saturated heterocycles. The van der Waals surface area contributed by atoms with Crippen LogP contribution >= 0.6 is 0 Å². The van der Waals surface area contributed by atoms with Crippen LogP contribution in [0.4, 0.5) is 11.6 Å². The standard InChI is InChI=1S/C15H25N5O/c1-5-7-16-14-11(3)15(18-12(6-2)17-14)20-9-8-19(4)13(21)10-20/h5-10H2,1-4H3,(H,16,17,18). The number of carbonyl (C=O) groups excluding carboxylic acids is 1. The summed E-state index contributed by atoms with van der Waals surface area (Å²) in [7, 11) is 1.85. The van der Waals surface area contributed by atoms with Crippen molar-refractivity contribution in [1.82, 2.24) is 14.9 Å². The van der Waals surface area contributed by atoms with Gasteiger partial charge >= 0.3 is 0 Å². The van der Waals surface area contributed by atoms with Crippen LogP contribution in [-0.2, 0) is 11.2 Å².